The molecular weight excluding hydrogens is 586 g/mol. The van der Waals surface area contributed by atoms with Gasteiger partial charge in [-0.3, -0.25) is 19.8 Å². The summed E-state index contributed by atoms with van der Waals surface area (Å²) in [6.45, 7) is 10.0. The maximum atomic E-state index is 5.12. The minimum absolute atomic E-state index is 0.570. The third-order valence-corrected chi connectivity index (χ3v) is 8.76. The second-order valence-electron chi connectivity index (χ2n) is 13.2. The maximum absolute atomic E-state index is 5.12. The van der Waals surface area contributed by atoms with Crippen LogP contribution in [0.2, 0.25) is 0 Å². The molecule has 1 saturated heterocycles. The fraction of sp³-hybridized carbons (Fsp3) is 0.417. The molecule has 0 aliphatic carbocycles. The van der Waals surface area contributed by atoms with Crippen LogP contribution in [0.15, 0.2) is 54.9 Å². The monoisotopic (exact) mass is 633 g/mol. The van der Waals surface area contributed by atoms with Crippen molar-refractivity contribution in [1.82, 2.24) is 34.7 Å². The highest BCUT2D eigenvalue weighted by atomic mass is 15.4. The molecule has 0 saturated carbocycles. The average Bonchev–Trinajstić information content (AvgIpc) is 3.04. The molecule has 246 valence electrons. The van der Waals surface area contributed by atoms with Gasteiger partial charge in [-0.15, -0.1) is 0 Å². The van der Waals surface area contributed by atoms with Crippen LogP contribution < -0.4 is 19.6 Å². The molecule has 0 spiro atoms. The van der Waals surface area contributed by atoms with Gasteiger partial charge < -0.3 is 19.6 Å². The molecule has 0 amide bonds. The molecule has 0 atom stereocenters. The summed E-state index contributed by atoms with van der Waals surface area (Å²) in [5, 5.41) is 2.13. The van der Waals surface area contributed by atoms with Crippen LogP contribution in [0.25, 0.3) is 21.8 Å². The summed E-state index contributed by atoms with van der Waals surface area (Å²) in [4.78, 5) is 37.7. The summed E-state index contributed by atoms with van der Waals surface area (Å²) in [6.07, 6.45) is 2.81. The van der Waals surface area contributed by atoms with Crippen LogP contribution in [0.3, 0.4) is 0 Å². The largest absolute Gasteiger partial charge is 0.377 e. The van der Waals surface area contributed by atoms with E-state index in [4.69, 9.17) is 19.9 Å². The van der Waals surface area contributed by atoms with Gasteiger partial charge in [-0.2, -0.15) is 4.98 Å². The average molecular weight is 634 g/mol. The molecule has 1 fully saturated rings. The summed E-state index contributed by atoms with van der Waals surface area (Å²) < 4.78 is 0. The molecule has 4 heterocycles. The Hall–Kier alpha value is -4.61. The first-order valence-corrected chi connectivity index (χ1v) is 16.4. The Balaban J connectivity index is 1.42. The van der Waals surface area contributed by atoms with E-state index in [0.717, 1.165) is 95.2 Å². The SMILES string of the molecule is Cc1cc(N(C)C)c2cc(N(c3ccc4nc(C)cc(N(C)C)c4c3)c3ncnc(N4CCN(CCCN(C)C)CC4)n3)ccc2n1. The fourth-order valence-corrected chi connectivity index (χ4v) is 6.37. The number of fused-ring (bicyclic) bond motifs is 2. The van der Waals surface area contributed by atoms with Crippen LogP contribution in [0, 0.1) is 13.8 Å². The van der Waals surface area contributed by atoms with Crippen LogP contribution in [-0.4, -0.2) is 116 Å². The van der Waals surface area contributed by atoms with Crippen molar-refractivity contribution in [2.24, 2.45) is 0 Å². The van der Waals surface area contributed by atoms with Crippen LogP contribution in [-0.2, 0) is 0 Å². The first-order chi connectivity index (χ1) is 22.6. The topological polar surface area (TPSA) is 83.9 Å². The highest BCUT2D eigenvalue weighted by molar-refractivity contribution is 5.98. The minimum atomic E-state index is 0.570. The van der Waals surface area contributed by atoms with Gasteiger partial charge in [0.15, 0.2) is 0 Å². The summed E-state index contributed by atoms with van der Waals surface area (Å²) in [5.74, 6) is 1.27. The molecule has 47 heavy (non-hydrogen) atoms. The Kier molecular flexibility index (Phi) is 9.38. The molecule has 2 aromatic carbocycles. The lowest BCUT2D eigenvalue weighted by Gasteiger charge is -2.35. The van der Waals surface area contributed by atoms with E-state index in [1.807, 2.05) is 13.8 Å². The van der Waals surface area contributed by atoms with E-state index in [2.05, 4.69) is 125 Å². The van der Waals surface area contributed by atoms with Gasteiger partial charge in [-0.1, -0.05) is 0 Å². The number of pyridine rings is 2. The van der Waals surface area contributed by atoms with Gasteiger partial charge in [-0.05, 0) is 96.0 Å². The van der Waals surface area contributed by atoms with Crippen molar-refractivity contribution >= 4 is 56.5 Å². The van der Waals surface area contributed by atoms with Crippen molar-refractivity contribution in [3.63, 3.8) is 0 Å². The molecule has 5 aromatic rings. The Morgan fingerprint density at radius 3 is 1.72 bits per heavy atom. The first-order valence-electron chi connectivity index (χ1n) is 16.4. The normalized spacial score (nSPS) is 13.9. The fourth-order valence-electron chi connectivity index (χ4n) is 6.37. The van der Waals surface area contributed by atoms with Gasteiger partial charge in [0.1, 0.15) is 6.33 Å². The van der Waals surface area contributed by atoms with E-state index >= 15 is 0 Å². The molecular formula is C36H47N11. The predicted molar refractivity (Wildman–Crippen MR) is 195 cm³/mol. The predicted octanol–water partition coefficient (Wildman–Crippen LogP) is 5.26. The van der Waals surface area contributed by atoms with Crippen molar-refractivity contribution in [2.75, 3.05) is 101 Å². The lowest BCUT2D eigenvalue weighted by molar-refractivity contribution is 0.241. The van der Waals surface area contributed by atoms with Crippen LogP contribution in [0.4, 0.5) is 34.6 Å². The Morgan fingerprint density at radius 1 is 0.660 bits per heavy atom. The molecule has 1 aliphatic rings. The van der Waals surface area contributed by atoms with Crippen molar-refractivity contribution in [3.8, 4) is 0 Å². The Bertz CT molecular complexity index is 1760. The number of hydrogen-bond donors (Lipinski definition) is 0. The third kappa shape index (κ3) is 7.06. The zero-order valence-corrected chi connectivity index (χ0v) is 29.1. The van der Waals surface area contributed by atoms with E-state index in [1.54, 1.807) is 6.33 Å². The van der Waals surface area contributed by atoms with E-state index in [9.17, 15) is 0 Å². The van der Waals surface area contributed by atoms with Gasteiger partial charge in [0.25, 0.3) is 0 Å². The molecule has 0 radical (unpaired) electrons. The maximum Gasteiger partial charge on any atom is 0.239 e. The molecule has 0 bridgehead atoms. The van der Waals surface area contributed by atoms with Crippen molar-refractivity contribution in [2.45, 2.75) is 20.3 Å². The molecule has 3 aromatic heterocycles. The number of aromatic nitrogens is 5. The van der Waals surface area contributed by atoms with Gasteiger partial charge in [0.05, 0.1) is 11.0 Å². The van der Waals surface area contributed by atoms with Crippen LogP contribution in [0.1, 0.15) is 17.8 Å². The minimum Gasteiger partial charge on any atom is -0.377 e. The van der Waals surface area contributed by atoms with E-state index in [1.165, 1.54) is 6.42 Å². The summed E-state index contributed by atoms with van der Waals surface area (Å²) >= 11 is 0. The van der Waals surface area contributed by atoms with Crippen LogP contribution >= 0.6 is 0 Å². The van der Waals surface area contributed by atoms with Crippen molar-refractivity contribution in [3.05, 3.63) is 66.2 Å². The zero-order valence-electron chi connectivity index (χ0n) is 29.1. The standard InChI is InChI=1S/C36H47N11/c1-25-20-33(43(5)6)29-22-27(10-12-31(29)39-25)47(28-11-13-32-30(23-28)34(44(7)8)21-26(2)40-32)36-38-24-37-35(41-36)46-18-16-45(17-19-46)15-9-14-42(3)4/h10-13,20-24H,9,14-19H2,1-8H3. The number of hydrogen-bond acceptors (Lipinski definition) is 11. The summed E-state index contributed by atoms with van der Waals surface area (Å²) in [7, 11) is 12.5. The Morgan fingerprint density at radius 2 is 1.21 bits per heavy atom. The summed E-state index contributed by atoms with van der Waals surface area (Å²) in [6, 6.07) is 17.0. The van der Waals surface area contributed by atoms with Gasteiger partial charge in [0.2, 0.25) is 11.9 Å². The smallest absolute Gasteiger partial charge is 0.239 e. The van der Waals surface area contributed by atoms with Crippen molar-refractivity contribution < 1.29 is 0 Å². The van der Waals surface area contributed by atoms with Gasteiger partial charge in [0, 0.05) is 99.3 Å². The van der Waals surface area contributed by atoms with Gasteiger partial charge >= 0.3 is 0 Å². The quantitative estimate of drug-likeness (QED) is 0.202. The van der Waals surface area contributed by atoms with E-state index in [-0.39, 0.29) is 0 Å². The zero-order chi connectivity index (χ0) is 33.2. The number of aryl methyl sites for hydroxylation is 2. The lowest BCUT2D eigenvalue weighted by atomic mass is 10.1. The van der Waals surface area contributed by atoms with Gasteiger partial charge in [-0.25, -0.2) is 9.97 Å². The summed E-state index contributed by atoms with van der Waals surface area (Å²) in [5.41, 5.74) is 7.98. The molecule has 0 unspecified atom stereocenters. The highest BCUT2D eigenvalue weighted by Crippen LogP contribution is 2.39. The van der Waals surface area contributed by atoms with E-state index < -0.39 is 0 Å². The Labute approximate surface area is 278 Å². The lowest BCUT2D eigenvalue weighted by Crippen LogP contribution is -2.47. The third-order valence-electron chi connectivity index (χ3n) is 8.76. The first kappa shape index (κ1) is 32.3. The molecule has 6 rings (SSSR count). The number of anilines is 6. The molecule has 11 nitrogen and oxygen atoms in total. The number of rotatable bonds is 10. The van der Waals surface area contributed by atoms with Crippen LogP contribution in [0.5, 0.6) is 0 Å². The molecule has 11 heteroatoms. The highest BCUT2D eigenvalue weighted by Gasteiger charge is 2.23. The second kappa shape index (κ2) is 13.6. The number of benzene rings is 2. The van der Waals surface area contributed by atoms with Crippen molar-refractivity contribution in [1.29, 1.82) is 0 Å². The molecule has 1 aliphatic heterocycles. The van der Waals surface area contributed by atoms with E-state index in [0.29, 0.717) is 11.9 Å². The number of piperazine rings is 1. The molecule has 0 N–H and O–H groups in total. The number of nitrogens with zero attached hydrogens (tertiary/aromatic N) is 11. The second-order valence-corrected chi connectivity index (χ2v) is 13.2.